The largest absolute Gasteiger partial charge is 0.226 e. The zero-order chi connectivity index (χ0) is 26.1. The van der Waals surface area contributed by atoms with Crippen LogP contribution in [0.3, 0.4) is 0 Å². The Labute approximate surface area is 234 Å². The van der Waals surface area contributed by atoms with Crippen LogP contribution in [0.5, 0.6) is 0 Å². The molecule has 2 atom stereocenters. The number of rotatable bonds is 6. The maximum Gasteiger partial charge on any atom is 0.0366 e. The third-order valence-electron chi connectivity index (χ3n) is 9.55. The monoisotopic (exact) mass is 524 g/mol. The van der Waals surface area contributed by atoms with Gasteiger partial charge in [0.05, 0.1) is 0 Å². The van der Waals surface area contributed by atoms with E-state index in [0.29, 0.717) is 10.5 Å². The normalized spacial score (nSPS) is 22.2. The van der Waals surface area contributed by atoms with E-state index >= 15 is 0 Å². The van der Waals surface area contributed by atoms with Crippen molar-refractivity contribution in [1.29, 1.82) is 0 Å². The smallest absolute Gasteiger partial charge is 0.0366 e. The van der Waals surface area contributed by atoms with Crippen molar-refractivity contribution in [2.45, 2.75) is 36.2 Å². The van der Waals surface area contributed by atoms with Gasteiger partial charge in [0.1, 0.15) is 0 Å². The second-order valence-corrected chi connectivity index (χ2v) is 16.4. The Morgan fingerprint density at radius 2 is 0.897 bits per heavy atom. The van der Waals surface area contributed by atoms with E-state index in [-0.39, 0.29) is 0 Å². The van der Waals surface area contributed by atoms with Crippen molar-refractivity contribution >= 4 is 22.2 Å². The Morgan fingerprint density at radius 1 is 0.487 bits per heavy atom. The first-order valence-corrected chi connectivity index (χ1v) is 17.2. The molecule has 194 valence electrons. The molecule has 0 saturated heterocycles. The minimum Gasteiger partial charge on any atom is -0.226 e. The highest BCUT2D eigenvalue weighted by atomic mass is 32.3. The number of fused-ring (bicyclic) bond motifs is 2. The van der Waals surface area contributed by atoms with Crippen molar-refractivity contribution in [2.75, 3.05) is 12.5 Å². The first-order valence-electron chi connectivity index (χ1n) is 14.6. The summed E-state index contributed by atoms with van der Waals surface area (Å²) in [5.74, 6) is 1.53. The average Bonchev–Trinajstić information content (AvgIpc) is 3.91. The lowest BCUT2D eigenvalue weighted by Crippen LogP contribution is -2.19. The van der Waals surface area contributed by atoms with Crippen molar-refractivity contribution in [3.63, 3.8) is 0 Å². The van der Waals surface area contributed by atoms with E-state index in [2.05, 4.69) is 122 Å². The molecule has 0 radical (unpaired) electrons. The van der Waals surface area contributed by atoms with Gasteiger partial charge in [-0.05, 0) is 94.5 Å². The van der Waals surface area contributed by atoms with Gasteiger partial charge >= 0.3 is 0 Å². The van der Waals surface area contributed by atoms with Crippen molar-refractivity contribution < 1.29 is 0 Å². The lowest BCUT2D eigenvalue weighted by atomic mass is 9.97. The molecule has 2 unspecified atom stereocenters. The van der Waals surface area contributed by atoms with Crippen molar-refractivity contribution in [1.82, 2.24) is 0 Å². The molecule has 0 amide bonds. The van der Waals surface area contributed by atoms with E-state index in [1.165, 1.54) is 59.1 Å². The summed E-state index contributed by atoms with van der Waals surface area (Å²) in [5, 5.41) is 1.06. The van der Waals surface area contributed by atoms with Crippen LogP contribution in [0.1, 0.15) is 58.4 Å². The molecule has 0 N–H and O–H groups in total. The van der Waals surface area contributed by atoms with Crippen LogP contribution in [-0.4, -0.2) is 12.5 Å². The fraction of sp³-hybridized carbons (Fsp3) is 0.263. The lowest BCUT2D eigenvalue weighted by molar-refractivity contribution is 0.903. The molecule has 0 spiro atoms. The summed E-state index contributed by atoms with van der Waals surface area (Å²) in [6.45, 7) is 0. The third-order valence-corrected chi connectivity index (χ3v) is 13.0. The molecular weight excluding hydrogens is 488 g/mol. The summed E-state index contributed by atoms with van der Waals surface area (Å²) < 4.78 is 0. The molecule has 2 saturated carbocycles. The molecule has 0 bridgehead atoms. The number of benzene rings is 4. The Balaban J connectivity index is 1.29. The van der Waals surface area contributed by atoms with Gasteiger partial charge in [-0.3, -0.25) is 0 Å². The highest BCUT2D eigenvalue weighted by Gasteiger charge is 2.49. The summed E-state index contributed by atoms with van der Waals surface area (Å²) in [6, 6.07) is 36.3. The van der Waals surface area contributed by atoms with Crippen LogP contribution < -0.4 is 0 Å². The zero-order valence-corrected chi connectivity index (χ0v) is 23.8. The van der Waals surface area contributed by atoms with E-state index in [0.717, 1.165) is 11.8 Å². The molecule has 0 heterocycles. The second kappa shape index (κ2) is 8.86. The van der Waals surface area contributed by atoms with Gasteiger partial charge in [-0.25, -0.2) is 10.0 Å². The summed E-state index contributed by atoms with van der Waals surface area (Å²) in [6.07, 6.45) is 16.0. The first-order chi connectivity index (χ1) is 19.1. The Hall–Kier alpha value is -3.29. The molecular formula is C38H36S. The molecule has 0 nitrogen and oxygen atoms in total. The van der Waals surface area contributed by atoms with Crippen molar-refractivity contribution in [3.05, 3.63) is 130 Å². The van der Waals surface area contributed by atoms with Crippen LogP contribution in [0.4, 0.5) is 0 Å². The van der Waals surface area contributed by atoms with Gasteiger partial charge < -0.3 is 0 Å². The van der Waals surface area contributed by atoms with Crippen LogP contribution in [-0.2, 0) is 0 Å². The van der Waals surface area contributed by atoms with Gasteiger partial charge in [-0.15, -0.1) is 0 Å². The molecule has 4 aliphatic rings. The molecule has 4 aliphatic carbocycles. The molecule has 4 aromatic carbocycles. The van der Waals surface area contributed by atoms with Crippen LogP contribution in [0.25, 0.3) is 34.4 Å². The Bertz CT molecular complexity index is 1510. The first kappa shape index (κ1) is 23.6. The molecule has 8 rings (SSSR count). The van der Waals surface area contributed by atoms with Crippen LogP contribution in [0.15, 0.2) is 108 Å². The summed E-state index contributed by atoms with van der Waals surface area (Å²) in [7, 11) is -1.11. The average molecular weight is 525 g/mol. The van der Waals surface area contributed by atoms with Gasteiger partial charge in [-0.2, -0.15) is 0 Å². The molecule has 0 aromatic heterocycles. The quantitative estimate of drug-likeness (QED) is 0.235. The summed E-state index contributed by atoms with van der Waals surface area (Å²) in [4.78, 5) is 0. The summed E-state index contributed by atoms with van der Waals surface area (Å²) >= 11 is 0. The molecule has 1 heteroatoms. The highest BCUT2D eigenvalue weighted by molar-refractivity contribution is 8.33. The van der Waals surface area contributed by atoms with Crippen LogP contribution in [0, 0.1) is 11.8 Å². The zero-order valence-electron chi connectivity index (χ0n) is 22.9. The van der Waals surface area contributed by atoms with E-state index < -0.39 is 10.0 Å². The maximum atomic E-state index is 2.67. The van der Waals surface area contributed by atoms with E-state index in [9.17, 15) is 0 Å². The minimum atomic E-state index is -1.11. The fourth-order valence-corrected chi connectivity index (χ4v) is 11.4. The predicted molar refractivity (Wildman–Crippen MR) is 170 cm³/mol. The van der Waals surface area contributed by atoms with Gasteiger partial charge in [0.2, 0.25) is 0 Å². The predicted octanol–water partition coefficient (Wildman–Crippen LogP) is 10.5. The van der Waals surface area contributed by atoms with Gasteiger partial charge in [-0.1, -0.05) is 120 Å². The number of hydrogen-bond donors (Lipinski definition) is 0. The number of hydrogen-bond acceptors (Lipinski definition) is 0. The molecule has 0 aliphatic heterocycles. The Morgan fingerprint density at radius 3 is 1.28 bits per heavy atom. The lowest BCUT2D eigenvalue weighted by Gasteiger charge is -2.47. The van der Waals surface area contributed by atoms with E-state index in [4.69, 9.17) is 0 Å². The van der Waals surface area contributed by atoms with Crippen LogP contribution in [0.2, 0.25) is 0 Å². The van der Waals surface area contributed by atoms with Gasteiger partial charge in [0, 0.05) is 10.5 Å². The third kappa shape index (κ3) is 3.81. The standard InChI is InChI=1S/C38H36S/c1-39(2,37-31-17-9-15-29(25-11-5-3-6-12-25)35(31)23-33(37)27-19-20-27)38-32-18-10-16-30(26-13-7-4-8-14-26)36(32)24-34(38)28-21-22-28/h3-18,23-24,27-28,37-38H,19-22H2,1-2H3. The molecule has 2 fully saturated rings. The van der Waals surface area contributed by atoms with Crippen LogP contribution >= 0.6 is 10.0 Å². The Kier molecular flexibility index (Phi) is 5.36. The summed E-state index contributed by atoms with van der Waals surface area (Å²) in [5.41, 5.74) is 15.1. The molecule has 4 aromatic rings. The minimum absolute atomic E-state index is 0.530. The molecule has 39 heavy (non-hydrogen) atoms. The second-order valence-electron chi connectivity index (χ2n) is 12.4. The topological polar surface area (TPSA) is 0 Å². The van der Waals surface area contributed by atoms with E-state index in [1.54, 1.807) is 22.3 Å². The maximum absolute atomic E-state index is 2.67. The van der Waals surface area contributed by atoms with E-state index in [1.807, 2.05) is 0 Å². The van der Waals surface area contributed by atoms with Gasteiger partial charge in [0.15, 0.2) is 0 Å². The van der Waals surface area contributed by atoms with Gasteiger partial charge in [0.25, 0.3) is 0 Å². The van der Waals surface area contributed by atoms with Crippen molar-refractivity contribution in [2.24, 2.45) is 11.8 Å². The highest BCUT2D eigenvalue weighted by Crippen LogP contribution is 2.76. The fourth-order valence-electron chi connectivity index (χ4n) is 7.52. The SMILES string of the molecule is CS(C)(C1C(C2CC2)=Cc2c(-c3ccccc3)cccc21)C1C(C2CC2)=Cc2c(-c3ccccc3)cccc21. The van der Waals surface area contributed by atoms with Crippen molar-refractivity contribution in [3.8, 4) is 22.3 Å².